The van der Waals surface area contributed by atoms with Gasteiger partial charge in [0.05, 0.1) is 0 Å². The van der Waals surface area contributed by atoms with Crippen molar-refractivity contribution in [3.05, 3.63) is 66.2 Å². The van der Waals surface area contributed by atoms with Gasteiger partial charge in [-0.1, -0.05) is 48.5 Å². The van der Waals surface area contributed by atoms with E-state index < -0.39 is 0 Å². The Bertz CT molecular complexity index is 673. The minimum atomic E-state index is -0.199. The number of hydrogen-bond donors (Lipinski definition) is 1. The van der Waals surface area contributed by atoms with Crippen LogP contribution in [-0.4, -0.2) is 36.5 Å². The maximum Gasteiger partial charge on any atom is 0.318 e. The van der Waals surface area contributed by atoms with E-state index in [0.29, 0.717) is 19.6 Å². The number of hydrogen-bond acceptors (Lipinski definition) is 2. The van der Waals surface area contributed by atoms with Crippen LogP contribution in [0.25, 0.3) is 0 Å². The van der Waals surface area contributed by atoms with E-state index >= 15 is 0 Å². The summed E-state index contributed by atoms with van der Waals surface area (Å²) < 4.78 is 0. The van der Waals surface area contributed by atoms with E-state index in [4.69, 9.17) is 0 Å². The Morgan fingerprint density at radius 2 is 1.61 bits per heavy atom. The molecule has 0 atom stereocenters. The Kier molecular flexibility index (Phi) is 4.57. The smallest absolute Gasteiger partial charge is 0.318 e. The molecule has 2 aromatic rings. The molecule has 1 N–H and O–H groups in total. The SMILES string of the molecule is O=C(NCc1ccccc1)N1CCN(c2ccccc2)C(=O)C1. The van der Waals surface area contributed by atoms with Crippen LogP contribution in [0.2, 0.25) is 0 Å². The number of amides is 3. The third kappa shape index (κ3) is 3.69. The van der Waals surface area contributed by atoms with Gasteiger partial charge < -0.3 is 15.1 Å². The van der Waals surface area contributed by atoms with Crippen LogP contribution in [0.1, 0.15) is 5.56 Å². The fourth-order valence-corrected chi connectivity index (χ4v) is 2.61. The Morgan fingerprint density at radius 1 is 0.957 bits per heavy atom. The summed E-state index contributed by atoms with van der Waals surface area (Å²) in [5.74, 6) is -0.0580. The zero-order valence-corrected chi connectivity index (χ0v) is 12.8. The summed E-state index contributed by atoms with van der Waals surface area (Å²) in [6, 6.07) is 19.1. The van der Waals surface area contributed by atoms with E-state index in [-0.39, 0.29) is 18.5 Å². The van der Waals surface area contributed by atoms with Crippen LogP contribution in [0.15, 0.2) is 60.7 Å². The van der Waals surface area contributed by atoms with Gasteiger partial charge in [0.15, 0.2) is 0 Å². The summed E-state index contributed by atoms with van der Waals surface area (Å²) in [5.41, 5.74) is 1.91. The number of nitrogens with zero attached hydrogens (tertiary/aromatic N) is 2. The van der Waals surface area contributed by atoms with Gasteiger partial charge in [0, 0.05) is 25.3 Å². The van der Waals surface area contributed by atoms with Gasteiger partial charge >= 0.3 is 6.03 Å². The van der Waals surface area contributed by atoms with Crippen LogP contribution in [0, 0.1) is 0 Å². The molecule has 0 saturated carbocycles. The van der Waals surface area contributed by atoms with Crippen LogP contribution >= 0.6 is 0 Å². The van der Waals surface area contributed by atoms with Gasteiger partial charge in [0.2, 0.25) is 5.91 Å². The second-order valence-electron chi connectivity index (χ2n) is 5.45. The number of para-hydroxylation sites is 1. The maximum absolute atomic E-state index is 12.3. The van der Waals surface area contributed by atoms with E-state index in [1.165, 1.54) is 0 Å². The number of urea groups is 1. The fourth-order valence-electron chi connectivity index (χ4n) is 2.61. The summed E-state index contributed by atoms with van der Waals surface area (Å²) >= 11 is 0. The van der Waals surface area contributed by atoms with E-state index in [9.17, 15) is 9.59 Å². The van der Waals surface area contributed by atoms with Crippen molar-refractivity contribution < 1.29 is 9.59 Å². The van der Waals surface area contributed by atoms with Crippen molar-refractivity contribution in [1.29, 1.82) is 0 Å². The van der Waals surface area contributed by atoms with E-state index in [2.05, 4.69) is 5.32 Å². The number of piperazine rings is 1. The van der Waals surface area contributed by atoms with Gasteiger partial charge in [-0.3, -0.25) is 4.79 Å². The molecule has 1 heterocycles. The summed E-state index contributed by atoms with van der Waals surface area (Å²) in [6.45, 7) is 1.62. The Hall–Kier alpha value is -2.82. The lowest BCUT2D eigenvalue weighted by molar-refractivity contribution is -0.120. The standard InChI is InChI=1S/C18H19N3O2/c22-17-14-20(11-12-21(17)16-9-5-2-6-10-16)18(23)19-13-15-7-3-1-4-8-15/h1-10H,11-14H2,(H,19,23). The lowest BCUT2D eigenvalue weighted by atomic mass is 10.2. The molecule has 3 rings (SSSR count). The molecule has 5 heteroatoms. The maximum atomic E-state index is 12.3. The highest BCUT2D eigenvalue weighted by atomic mass is 16.2. The predicted octanol–water partition coefficient (Wildman–Crippen LogP) is 2.25. The monoisotopic (exact) mass is 309 g/mol. The highest BCUT2D eigenvalue weighted by molar-refractivity contribution is 5.97. The van der Waals surface area contributed by atoms with E-state index in [1.807, 2.05) is 60.7 Å². The van der Waals surface area contributed by atoms with Crippen molar-refractivity contribution in [2.45, 2.75) is 6.54 Å². The van der Waals surface area contributed by atoms with Gasteiger partial charge in [-0.05, 0) is 17.7 Å². The van der Waals surface area contributed by atoms with Crippen molar-refractivity contribution in [2.24, 2.45) is 0 Å². The molecule has 0 unspecified atom stereocenters. The highest BCUT2D eigenvalue weighted by Crippen LogP contribution is 2.16. The number of rotatable bonds is 3. The molecule has 3 amide bonds. The topological polar surface area (TPSA) is 52.7 Å². The van der Waals surface area contributed by atoms with E-state index in [1.54, 1.807) is 9.80 Å². The molecule has 23 heavy (non-hydrogen) atoms. The first-order valence-corrected chi connectivity index (χ1v) is 7.66. The molecule has 0 spiro atoms. The molecule has 0 radical (unpaired) electrons. The minimum absolute atomic E-state index is 0.0580. The number of carbonyl (C=O) groups excluding carboxylic acids is 2. The van der Waals surface area contributed by atoms with Gasteiger partial charge in [-0.25, -0.2) is 4.79 Å². The van der Waals surface area contributed by atoms with Crippen molar-refractivity contribution in [1.82, 2.24) is 10.2 Å². The average molecular weight is 309 g/mol. The van der Waals surface area contributed by atoms with Gasteiger partial charge in [0.1, 0.15) is 6.54 Å². The largest absolute Gasteiger partial charge is 0.334 e. The molecule has 118 valence electrons. The molecule has 0 aliphatic carbocycles. The zero-order valence-electron chi connectivity index (χ0n) is 12.8. The first-order chi connectivity index (χ1) is 11.2. The van der Waals surface area contributed by atoms with Crippen molar-refractivity contribution in [3.63, 3.8) is 0 Å². The molecule has 2 aromatic carbocycles. The van der Waals surface area contributed by atoms with Gasteiger partial charge in [-0.2, -0.15) is 0 Å². The second-order valence-corrected chi connectivity index (χ2v) is 5.45. The van der Waals surface area contributed by atoms with Crippen LogP contribution in [0.3, 0.4) is 0 Å². The quantitative estimate of drug-likeness (QED) is 0.945. The summed E-state index contributed by atoms with van der Waals surface area (Å²) in [6.07, 6.45) is 0. The number of benzene rings is 2. The molecular formula is C18H19N3O2. The zero-order chi connectivity index (χ0) is 16.1. The molecule has 1 saturated heterocycles. The first kappa shape index (κ1) is 15.1. The third-order valence-electron chi connectivity index (χ3n) is 3.86. The molecule has 0 bridgehead atoms. The van der Waals surface area contributed by atoms with Crippen LogP contribution in [0.4, 0.5) is 10.5 Å². The molecule has 1 aliphatic heterocycles. The summed E-state index contributed by atoms with van der Waals surface area (Å²) in [7, 11) is 0. The molecule has 0 aromatic heterocycles. The Morgan fingerprint density at radius 3 is 2.26 bits per heavy atom. The average Bonchev–Trinajstić information content (AvgIpc) is 2.61. The highest BCUT2D eigenvalue weighted by Gasteiger charge is 2.27. The number of carbonyl (C=O) groups is 2. The molecule has 5 nitrogen and oxygen atoms in total. The van der Waals surface area contributed by atoms with Crippen LogP contribution < -0.4 is 10.2 Å². The molecule has 1 aliphatic rings. The number of anilines is 1. The third-order valence-corrected chi connectivity index (χ3v) is 3.86. The van der Waals surface area contributed by atoms with Crippen molar-refractivity contribution in [3.8, 4) is 0 Å². The summed E-state index contributed by atoms with van der Waals surface area (Å²) in [5, 5.41) is 2.86. The second kappa shape index (κ2) is 6.96. The Balaban J connectivity index is 1.55. The Labute approximate surface area is 135 Å². The fraction of sp³-hybridized carbons (Fsp3) is 0.222. The molecular weight excluding hydrogens is 290 g/mol. The van der Waals surface area contributed by atoms with E-state index in [0.717, 1.165) is 11.3 Å². The van der Waals surface area contributed by atoms with Crippen molar-refractivity contribution in [2.75, 3.05) is 24.5 Å². The lowest BCUT2D eigenvalue weighted by Crippen LogP contribution is -2.54. The molecule has 1 fully saturated rings. The normalized spacial score (nSPS) is 14.7. The van der Waals surface area contributed by atoms with Gasteiger partial charge in [-0.15, -0.1) is 0 Å². The van der Waals surface area contributed by atoms with Gasteiger partial charge in [0.25, 0.3) is 0 Å². The van der Waals surface area contributed by atoms with Crippen molar-refractivity contribution >= 4 is 17.6 Å². The number of nitrogens with one attached hydrogen (secondary N) is 1. The lowest BCUT2D eigenvalue weighted by Gasteiger charge is -2.34. The van der Waals surface area contributed by atoms with Crippen LogP contribution in [0.5, 0.6) is 0 Å². The minimum Gasteiger partial charge on any atom is -0.334 e. The predicted molar refractivity (Wildman–Crippen MR) is 89.0 cm³/mol. The summed E-state index contributed by atoms with van der Waals surface area (Å²) in [4.78, 5) is 27.8. The first-order valence-electron chi connectivity index (χ1n) is 7.66. The van der Waals surface area contributed by atoms with Crippen LogP contribution in [-0.2, 0) is 11.3 Å².